The van der Waals surface area contributed by atoms with E-state index in [1.165, 1.54) is 0 Å². The molecule has 1 amide bonds. The zero-order valence-corrected chi connectivity index (χ0v) is 6.85. The van der Waals surface area contributed by atoms with Crippen LogP contribution in [0.3, 0.4) is 0 Å². The normalized spacial score (nSPS) is 13.9. The molecule has 0 radical (unpaired) electrons. The van der Waals surface area contributed by atoms with Crippen molar-refractivity contribution in [3.63, 3.8) is 0 Å². The molecule has 12 heavy (non-hydrogen) atoms. The van der Waals surface area contributed by atoms with Crippen LogP contribution in [-0.4, -0.2) is 13.0 Å². The van der Waals surface area contributed by atoms with Crippen molar-refractivity contribution in [1.29, 1.82) is 0 Å². The molecule has 0 aromatic heterocycles. The van der Waals surface area contributed by atoms with Crippen molar-refractivity contribution in [1.82, 2.24) is 0 Å². The standard InChI is InChI=1S/C9H10N2O/c1-10-7-4-2-3-6-5-8(12)11-9(6)7/h2-4,10H,5H2,1H3,(H,11,12). The number of carbonyl (C=O) groups excluding carboxylic acids is 1. The molecule has 0 saturated carbocycles. The van der Waals surface area contributed by atoms with E-state index in [4.69, 9.17) is 0 Å². The zero-order valence-electron chi connectivity index (χ0n) is 6.85. The summed E-state index contributed by atoms with van der Waals surface area (Å²) in [6.45, 7) is 0. The molecule has 62 valence electrons. The van der Waals surface area contributed by atoms with Crippen LogP contribution in [0.1, 0.15) is 5.56 Å². The number of hydrogen-bond donors (Lipinski definition) is 2. The number of anilines is 2. The van der Waals surface area contributed by atoms with Crippen molar-refractivity contribution in [2.75, 3.05) is 17.7 Å². The highest BCUT2D eigenvalue weighted by molar-refractivity contribution is 6.02. The van der Waals surface area contributed by atoms with Gasteiger partial charge in [0, 0.05) is 7.05 Å². The molecule has 0 saturated heterocycles. The summed E-state index contributed by atoms with van der Waals surface area (Å²) in [5.74, 6) is 0.0766. The Kier molecular flexibility index (Phi) is 1.50. The lowest BCUT2D eigenvalue weighted by Crippen LogP contribution is -2.04. The number of hydrogen-bond acceptors (Lipinski definition) is 2. The van der Waals surface area contributed by atoms with Gasteiger partial charge in [0.15, 0.2) is 0 Å². The molecule has 0 atom stereocenters. The fraction of sp³-hybridized carbons (Fsp3) is 0.222. The lowest BCUT2D eigenvalue weighted by atomic mass is 10.1. The Morgan fingerprint density at radius 2 is 2.33 bits per heavy atom. The van der Waals surface area contributed by atoms with Crippen molar-refractivity contribution in [2.24, 2.45) is 0 Å². The third-order valence-electron chi connectivity index (χ3n) is 2.04. The lowest BCUT2D eigenvalue weighted by molar-refractivity contribution is -0.115. The highest BCUT2D eigenvalue weighted by Gasteiger charge is 2.19. The van der Waals surface area contributed by atoms with Crippen LogP contribution < -0.4 is 10.6 Å². The van der Waals surface area contributed by atoms with E-state index in [1.54, 1.807) is 0 Å². The Morgan fingerprint density at radius 1 is 1.50 bits per heavy atom. The average Bonchev–Trinajstić information content (AvgIpc) is 2.44. The van der Waals surface area contributed by atoms with Gasteiger partial charge in [-0.15, -0.1) is 0 Å². The molecule has 2 rings (SSSR count). The Hall–Kier alpha value is -1.51. The van der Waals surface area contributed by atoms with Crippen molar-refractivity contribution < 1.29 is 4.79 Å². The van der Waals surface area contributed by atoms with Crippen molar-refractivity contribution >= 4 is 17.3 Å². The first-order valence-corrected chi connectivity index (χ1v) is 3.91. The van der Waals surface area contributed by atoms with E-state index < -0.39 is 0 Å². The van der Waals surface area contributed by atoms with Crippen LogP contribution in [-0.2, 0) is 11.2 Å². The lowest BCUT2D eigenvalue weighted by Gasteiger charge is -2.05. The van der Waals surface area contributed by atoms with Crippen molar-refractivity contribution in [2.45, 2.75) is 6.42 Å². The zero-order chi connectivity index (χ0) is 8.55. The molecule has 0 unspecified atom stereocenters. The second-order valence-corrected chi connectivity index (χ2v) is 2.81. The maximum Gasteiger partial charge on any atom is 0.228 e. The maximum atomic E-state index is 11.0. The molecule has 1 aliphatic rings. The van der Waals surface area contributed by atoms with Gasteiger partial charge in [-0.05, 0) is 11.6 Å². The summed E-state index contributed by atoms with van der Waals surface area (Å²) in [6.07, 6.45) is 0.505. The number of nitrogens with one attached hydrogen (secondary N) is 2. The van der Waals surface area contributed by atoms with E-state index in [1.807, 2.05) is 25.2 Å². The van der Waals surface area contributed by atoms with Crippen molar-refractivity contribution in [3.05, 3.63) is 23.8 Å². The van der Waals surface area contributed by atoms with Crippen LogP contribution in [0.25, 0.3) is 0 Å². The minimum Gasteiger partial charge on any atom is -0.386 e. The second-order valence-electron chi connectivity index (χ2n) is 2.81. The minimum absolute atomic E-state index is 0.0766. The molecule has 1 heterocycles. The van der Waals surface area contributed by atoms with Crippen LogP contribution in [0.4, 0.5) is 11.4 Å². The second kappa shape index (κ2) is 2.52. The summed E-state index contributed by atoms with van der Waals surface area (Å²) in [5.41, 5.74) is 3.00. The largest absolute Gasteiger partial charge is 0.386 e. The molecule has 3 heteroatoms. The third-order valence-corrected chi connectivity index (χ3v) is 2.04. The van der Waals surface area contributed by atoms with Gasteiger partial charge in [0.05, 0.1) is 17.8 Å². The number of rotatable bonds is 1. The first-order chi connectivity index (χ1) is 5.81. The van der Waals surface area contributed by atoms with Crippen LogP contribution in [0.5, 0.6) is 0 Å². The molecular weight excluding hydrogens is 152 g/mol. The molecule has 0 fully saturated rings. The van der Waals surface area contributed by atoms with Gasteiger partial charge in [-0.2, -0.15) is 0 Å². The van der Waals surface area contributed by atoms with Crippen LogP contribution in [0, 0.1) is 0 Å². The molecule has 1 aromatic rings. The van der Waals surface area contributed by atoms with Gasteiger partial charge in [0.25, 0.3) is 0 Å². The number of benzene rings is 1. The maximum absolute atomic E-state index is 11.0. The quantitative estimate of drug-likeness (QED) is 0.652. The molecule has 1 aliphatic heterocycles. The highest BCUT2D eigenvalue weighted by atomic mass is 16.1. The highest BCUT2D eigenvalue weighted by Crippen LogP contribution is 2.30. The Bertz CT molecular complexity index is 333. The van der Waals surface area contributed by atoms with E-state index in [9.17, 15) is 4.79 Å². The molecule has 1 aromatic carbocycles. The average molecular weight is 162 g/mol. The van der Waals surface area contributed by atoms with E-state index in [2.05, 4.69) is 10.6 Å². The molecule has 0 bridgehead atoms. The Labute approximate surface area is 70.8 Å². The predicted molar refractivity (Wildman–Crippen MR) is 48.3 cm³/mol. The summed E-state index contributed by atoms with van der Waals surface area (Å²) in [6, 6.07) is 5.86. The van der Waals surface area contributed by atoms with Gasteiger partial charge in [-0.1, -0.05) is 12.1 Å². The molecule has 0 aliphatic carbocycles. The van der Waals surface area contributed by atoms with E-state index >= 15 is 0 Å². The summed E-state index contributed by atoms with van der Waals surface area (Å²) >= 11 is 0. The molecule has 3 nitrogen and oxygen atoms in total. The van der Waals surface area contributed by atoms with Gasteiger partial charge < -0.3 is 10.6 Å². The number of carbonyl (C=O) groups is 1. The number of fused-ring (bicyclic) bond motifs is 1. The van der Waals surface area contributed by atoms with E-state index in [0.29, 0.717) is 6.42 Å². The molecule has 0 spiro atoms. The van der Waals surface area contributed by atoms with Crippen molar-refractivity contribution in [3.8, 4) is 0 Å². The molecular formula is C9H10N2O. The third kappa shape index (κ3) is 0.942. The van der Waals surface area contributed by atoms with Gasteiger partial charge in [0.2, 0.25) is 5.91 Å². The Morgan fingerprint density at radius 3 is 3.08 bits per heavy atom. The van der Waals surface area contributed by atoms with Gasteiger partial charge in [-0.3, -0.25) is 4.79 Å². The smallest absolute Gasteiger partial charge is 0.228 e. The topological polar surface area (TPSA) is 41.1 Å². The van der Waals surface area contributed by atoms with Crippen LogP contribution >= 0.6 is 0 Å². The van der Waals surface area contributed by atoms with Gasteiger partial charge in [0.1, 0.15) is 0 Å². The van der Waals surface area contributed by atoms with Crippen LogP contribution in [0.15, 0.2) is 18.2 Å². The fourth-order valence-electron chi connectivity index (χ4n) is 1.46. The predicted octanol–water partition coefficient (Wildman–Crippen LogP) is 1.22. The van der Waals surface area contributed by atoms with Gasteiger partial charge >= 0.3 is 0 Å². The summed E-state index contributed by atoms with van der Waals surface area (Å²) in [7, 11) is 1.85. The first kappa shape index (κ1) is 7.16. The Balaban J connectivity index is 2.51. The summed E-state index contributed by atoms with van der Waals surface area (Å²) in [5, 5.41) is 5.85. The summed E-state index contributed by atoms with van der Waals surface area (Å²) in [4.78, 5) is 11.0. The van der Waals surface area contributed by atoms with E-state index in [0.717, 1.165) is 16.9 Å². The monoisotopic (exact) mass is 162 g/mol. The number of amides is 1. The fourth-order valence-corrected chi connectivity index (χ4v) is 1.46. The SMILES string of the molecule is CNc1cccc2c1NC(=O)C2. The first-order valence-electron chi connectivity index (χ1n) is 3.91. The molecule has 2 N–H and O–H groups in total. The van der Waals surface area contributed by atoms with Crippen LogP contribution in [0.2, 0.25) is 0 Å². The minimum atomic E-state index is 0.0766. The van der Waals surface area contributed by atoms with Gasteiger partial charge in [-0.25, -0.2) is 0 Å². The number of para-hydroxylation sites is 1. The van der Waals surface area contributed by atoms with E-state index in [-0.39, 0.29) is 5.91 Å². The summed E-state index contributed by atoms with van der Waals surface area (Å²) < 4.78 is 0.